The van der Waals surface area contributed by atoms with Gasteiger partial charge in [-0.2, -0.15) is 11.8 Å². The van der Waals surface area contributed by atoms with E-state index in [1.165, 1.54) is 0 Å². The molecule has 1 heterocycles. The normalized spacial score (nSPS) is 22.4. The lowest BCUT2D eigenvalue weighted by Crippen LogP contribution is -2.38. The van der Waals surface area contributed by atoms with Crippen molar-refractivity contribution in [1.82, 2.24) is 4.90 Å². The van der Waals surface area contributed by atoms with E-state index in [9.17, 15) is 4.79 Å². The number of amidine groups is 1. The zero-order chi connectivity index (χ0) is 10.6. The second-order valence-corrected chi connectivity index (χ2v) is 4.44. The van der Waals surface area contributed by atoms with Crippen LogP contribution in [0.25, 0.3) is 0 Å². The van der Waals surface area contributed by atoms with Gasteiger partial charge in [0.25, 0.3) is 0 Å². The minimum Gasteiger partial charge on any atom is -0.409 e. The Morgan fingerprint density at radius 3 is 3.00 bits per heavy atom. The monoisotopic (exact) mass is 217 g/mol. The molecule has 1 amide bonds. The molecule has 1 atom stereocenters. The molecule has 1 aliphatic heterocycles. The van der Waals surface area contributed by atoms with E-state index >= 15 is 0 Å². The van der Waals surface area contributed by atoms with Crippen molar-refractivity contribution in [3.05, 3.63) is 0 Å². The minimum atomic E-state index is -0.0900. The highest BCUT2D eigenvalue weighted by molar-refractivity contribution is 7.99. The zero-order valence-corrected chi connectivity index (χ0v) is 8.96. The Bertz CT molecular complexity index is 239. The third-order valence-corrected chi connectivity index (χ3v) is 3.45. The SMILES string of the molecule is CN(C(=O)C/C(N)=N\O)[C@H]1CCSC1. The van der Waals surface area contributed by atoms with Gasteiger partial charge in [-0.3, -0.25) is 4.79 Å². The highest BCUT2D eigenvalue weighted by atomic mass is 32.2. The molecule has 14 heavy (non-hydrogen) atoms. The van der Waals surface area contributed by atoms with Crippen LogP contribution in [-0.2, 0) is 4.79 Å². The number of carbonyl (C=O) groups excluding carboxylic acids is 1. The van der Waals surface area contributed by atoms with Crippen LogP contribution in [0, 0.1) is 0 Å². The summed E-state index contributed by atoms with van der Waals surface area (Å²) in [4.78, 5) is 13.2. The maximum atomic E-state index is 11.5. The van der Waals surface area contributed by atoms with Gasteiger partial charge in [-0.05, 0) is 12.2 Å². The number of oxime groups is 1. The molecule has 0 saturated carbocycles. The number of hydrogen-bond acceptors (Lipinski definition) is 4. The van der Waals surface area contributed by atoms with Crippen molar-refractivity contribution in [1.29, 1.82) is 0 Å². The van der Waals surface area contributed by atoms with E-state index in [0.29, 0.717) is 6.04 Å². The fraction of sp³-hybridized carbons (Fsp3) is 0.750. The van der Waals surface area contributed by atoms with E-state index in [2.05, 4.69) is 5.16 Å². The van der Waals surface area contributed by atoms with Gasteiger partial charge < -0.3 is 15.8 Å². The van der Waals surface area contributed by atoms with Gasteiger partial charge in [-0.15, -0.1) is 0 Å². The van der Waals surface area contributed by atoms with Gasteiger partial charge in [0.05, 0.1) is 6.42 Å². The van der Waals surface area contributed by atoms with Crippen molar-refractivity contribution in [3.8, 4) is 0 Å². The van der Waals surface area contributed by atoms with E-state index in [0.717, 1.165) is 17.9 Å². The number of amides is 1. The Balaban J connectivity index is 2.43. The van der Waals surface area contributed by atoms with Gasteiger partial charge in [0, 0.05) is 18.8 Å². The average molecular weight is 217 g/mol. The third kappa shape index (κ3) is 2.80. The van der Waals surface area contributed by atoms with Crippen LogP contribution in [0.3, 0.4) is 0 Å². The van der Waals surface area contributed by atoms with Gasteiger partial charge in [0.2, 0.25) is 5.91 Å². The van der Waals surface area contributed by atoms with E-state index in [4.69, 9.17) is 10.9 Å². The van der Waals surface area contributed by atoms with Crippen LogP contribution in [0.5, 0.6) is 0 Å². The van der Waals surface area contributed by atoms with Crippen molar-refractivity contribution >= 4 is 23.5 Å². The first kappa shape index (κ1) is 11.2. The highest BCUT2D eigenvalue weighted by Gasteiger charge is 2.24. The first-order chi connectivity index (χ1) is 6.65. The Morgan fingerprint density at radius 1 is 1.79 bits per heavy atom. The van der Waals surface area contributed by atoms with E-state index in [1.807, 2.05) is 11.8 Å². The molecule has 1 saturated heterocycles. The number of nitrogens with zero attached hydrogens (tertiary/aromatic N) is 2. The van der Waals surface area contributed by atoms with Crippen LogP contribution in [-0.4, -0.2) is 46.4 Å². The summed E-state index contributed by atoms with van der Waals surface area (Å²) in [5, 5.41) is 11.1. The summed E-state index contributed by atoms with van der Waals surface area (Å²) in [6, 6.07) is 0.305. The smallest absolute Gasteiger partial charge is 0.230 e. The molecule has 0 spiro atoms. The zero-order valence-electron chi connectivity index (χ0n) is 8.14. The van der Waals surface area contributed by atoms with E-state index in [-0.39, 0.29) is 18.2 Å². The molecule has 0 unspecified atom stereocenters. The van der Waals surface area contributed by atoms with Crippen molar-refractivity contribution in [2.45, 2.75) is 18.9 Å². The van der Waals surface area contributed by atoms with E-state index < -0.39 is 0 Å². The molecule has 1 aliphatic rings. The van der Waals surface area contributed by atoms with Crippen LogP contribution in [0.4, 0.5) is 0 Å². The molecule has 0 aliphatic carbocycles. The van der Waals surface area contributed by atoms with Gasteiger partial charge in [0.15, 0.2) is 0 Å². The molecule has 0 aromatic rings. The number of hydrogen-bond donors (Lipinski definition) is 2. The molecule has 0 aromatic carbocycles. The number of rotatable bonds is 3. The van der Waals surface area contributed by atoms with Crippen LogP contribution in [0.1, 0.15) is 12.8 Å². The Morgan fingerprint density at radius 2 is 2.50 bits per heavy atom. The average Bonchev–Trinajstić information content (AvgIpc) is 2.69. The summed E-state index contributed by atoms with van der Waals surface area (Å²) in [7, 11) is 1.77. The van der Waals surface area contributed by atoms with E-state index in [1.54, 1.807) is 11.9 Å². The van der Waals surface area contributed by atoms with Gasteiger partial charge in [-0.25, -0.2) is 0 Å². The fourth-order valence-corrected chi connectivity index (χ4v) is 2.61. The molecule has 5 nitrogen and oxygen atoms in total. The topological polar surface area (TPSA) is 78.9 Å². The summed E-state index contributed by atoms with van der Waals surface area (Å²) < 4.78 is 0. The molecule has 6 heteroatoms. The molecule has 1 rings (SSSR count). The van der Waals surface area contributed by atoms with Crippen molar-refractivity contribution < 1.29 is 10.0 Å². The quantitative estimate of drug-likeness (QED) is 0.304. The fourth-order valence-electron chi connectivity index (χ4n) is 1.35. The van der Waals surface area contributed by atoms with Crippen molar-refractivity contribution in [2.75, 3.05) is 18.6 Å². The van der Waals surface area contributed by atoms with Crippen molar-refractivity contribution in [3.63, 3.8) is 0 Å². The van der Waals surface area contributed by atoms with Gasteiger partial charge in [-0.1, -0.05) is 5.16 Å². The number of nitrogens with two attached hydrogens (primary N) is 1. The summed E-state index contributed by atoms with van der Waals surface area (Å²) in [5.74, 6) is 1.96. The Labute approximate surface area is 87.3 Å². The second-order valence-electron chi connectivity index (χ2n) is 3.29. The lowest BCUT2D eigenvalue weighted by Gasteiger charge is -2.23. The molecule has 0 aromatic heterocycles. The Kier molecular flexibility index (Phi) is 4.06. The maximum Gasteiger partial charge on any atom is 0.230 e. The second kappa shape index (κ2) is 5.09. The lowest BCUT2D eigenvalue weighted by molar-refractivity contribution is -0.130. The van der Waals surface area contributed by atoms with Crippen LogP contribution in [0.15, 0.2) is 5.16 Å². The Hall–Kier alpha value is -0.910. The molecule has 0 bridgehead atoms. The standard InChI is InChI=1S/C8H15N3O2S/c1-11(6-2-3-14-5-6)8(12)4-7(9)10-13/h6,13H,2-5H2,1H3,(H2,9,10)/t6-/m0/s1. The lowest BCUT2D eigenvalue weighted by atomic mass is 10.2. The molecule has 3 N–H and O–H groups in total. The molecule has 0 radical (unpaired) electrons. The molecule has 80 valence electrons. The molecule has 1 fully saturated rings. The van der Waals surface area contributed by atoms with Crippen LogP contribution in [0.2, 0.25) is 0 Å². The highest BCUT2D eigenvalue weighted by Crippen LogP contribution is 2.21. The third-order valence-electron chi connectivity index (χ3n) is 2.31. The predicted molar refractivity (Wildman–Crippen MR) is 56.5 cm³/mol. The van der Waals surface area contributed by atoms with Gasteiger partial charge in [0.1, 0.15) is 5.84 Å². The van der Waals surface area contributed by atoms with Gasteiger partial charge >= 0.3 is 0 Å². The first-order valence-electron chi connectivity index (χ1n) is 4.45. The number of carbonyl (C=O) groups is 1. The minimum absolute atomic E-state index is 0.00579. The summed E-state index contributed by atoms with van der Waals surface area (Å²) in [6.45, 7) is 0. The van der Waals surface area contributed by atoms with Crippen LogP contribution < -0.4 is 5.73 Å². The number of thioether (sulfide) groups is 1. The molecular weight excluding hydrogens is 202 g/mol. The summed E-state index contributed by atoms with van der Waals surface area (Å²) >= 11 is 1.85. The largest absolute Gasteiger partial charge is 0.409 e. The maximum absolute atomic E-state index is 11.5. The summed E-state index contributed by atoms with van der Waals surface area (Å²) in [6.07, 6.45) is 1.03. The predicted octanol–water partition coefficient (Wildman–Crippen LogP) is 0.0868. The first-order valence-corrected chi connectivity index (χ1v) is 5.60. The summed E-state index contributed by atoms with van der Waals surface area (Å²) in [5.41, 5.74) is 5.26. The molecular formula is C8H15N3O2S. The van der Waals surface area contributed by atoms with Crippen molar-refractivity contribution in [2.24, 2.45) is 10.9 Å². The van der Waals surface area contributed by atoms with Crippen LogP contribution >= 0.6 is 11.8 Å².